The molecule has 1 aliphatic carbocycles. The van der Waals surface area contributed by atoms with Crippen molar-refractivity contribution in [3.63, 3.8) is 0 Å². The molecule has 0 bridgehead atoms. The minimum Gasteiger partial charge on any atom is -0.331 e. The van der Waals surface area contributed by atoms with Crippen LogP contribution in [0.15, 0.2) is 59.5 Å². The monoisotopic (exact) mass is 384 g/mol. The van der Waals surface area contributed by atoms with E-state index in [0.29, 0.717) is 25.2 Å². The first-order valence-electron chi connectivity index (χ1n) is 9.51. The van der Waals surface area contributed by atoms with Gasteiger partial charge in [0.1, 0.15) is 0 Å². The molecule has 1 saturated carbocycles. The summed E-state index contributed by atoms with van der Waals surface area (Å²) in [4.78, 5) is 15.2. The van der Waals surface area contributed by atoms with Gasteiger partial charge in [-0.3, -0.25) is 4.79 Å². The molecule has 2 aliphatic rings. The third-order valence-electron chi connectivity index (χ3n) is 5.25. The smallest absolute Gasteiger partial charge is 0.254 e. The number of amides is 1. The van der Waals surface area contributed by atoms with Crippen molar-refractivity contribution < 1.29 is 13.2 Å². The number of carbonyl (C=O) groups excluding carboxylic acids is 1. The number of rotatable bonds is 6. The molecule has 0 radical (unpaired) electrons. The highest BCUT2D eigenvalue weighted by atomic mass is 32.2. The van der Waals surface area contributed by atoms with Crippen LogP contribution in [0, 0.1) is 0 Å². The number of hydrogen-bond acceptors (Lipinski definition) is 3. The molecule has 0 unspecified atom stereocenters. The van der Waals surface area contributed by atoms with Gasteiger partial charge in [0.25, 0.3) is 5.91 Å². The average Bonchev–Trinajstić information content (AvgIpc) is 3.38. The molecule has 1 aliphatic heterocycles. The van der Waals surface area contributed by atoms with Crippen molar-refractivity contribution in [3.05, 3.63) is 65.7 Å². The zero-order valence-corrected chi connectivity index (χ0v) is 16.1. The van der Waals surface area contributed by atoms with Gasteiger partial charge in [-0.25, -0.2) is 8.42 Å². The molecule has 142 valence electrons. The van der Waals surface area contributed by atoms with Gasteiger partial charge < -0.3 is 4.90 Å². The third-order valence-corrected chi connectivity index (χ3v) is 7.16. The molecule has 4 rings (SSSR count). The van der Waals surface area contributed by atoms with Gasteiger partial charge in [0, 0.05) is 31.2 Å². The van der Waals surface area contributed by atoms with E-state index in [0.717, 1.165) is 31.2 Å². The summed E-state index contributed by atoms with van der Waals surface area (Å²) in [6.45, 7) is 1.74. The Kier molecular flexibility index (Phi) is 5.02. The summed E-state index contributed by atoms with van der Waals surface area (Å²) >= 11 is 0. The number of nitrogens with zero attached hydrogens (tertiary/aromatic N) is 2. The Hall–Kier alpha value is -2.18. The Labute approximate surface area is 160 Å². The topological polar surface area (TPSA) is 57.7 Å². The number of carbonyl (C=O) groups is 1. The molecule has 0 N–H and O–H groups in total. The van der Waals surface area contributed by atoms with Crippen molar-refractivity contribution in [3.8, 4) is 0 Å². The first-order valence-corrected chi connectivity index (χ1v) is 10.9. The van der Waals surface area contributed by atoms with E-state index in [2.05, 4.69) is 0 Å². The molecule has 2 aromatic carbocycles. The van der Waals surface area contributed by atoms with Gasteiger partial charge in [0.15, 0.2) is 0 Å². The second-order valence-electron chi connectivity index (χ2n) is 7.29. The predicted molar refractivity (Wildman–Crippen MR) is 104 cm³/mol. The molecule has 5 nitrogen and oxygen atoms in total. The highest BCUT2D eigenvalue weighted by molar-refractivity contribution is 7.89. The van der Waals surface area contributed by atoms with E-state index in [1.165, 1.54) is 4.31 Å². The molecule has 6 heteroatoms. The van der Waals surface area contributed by atoms with E-state index < -0.39 is 10.0 Å². The molecule has 2 aromatic rings. The van der Waals surface area contributed by atoms with E-state index in [9.17, 15) is 13.2 Å². The molecule has 1 saturated heterocycles. The van der Waals surface area contributed by atoms with Crippen molar-refractivity contribution in [2.24, 2.45) is 0 Å². The summed E-state index contributed by atoms with van der Waals surface area (Å²) in [5.74, 6) is -0.0357. The Balaban J connectivity index is 1.52. The first kappa shape index (κ1) is 18.2. The summed E-state index contributed by atoms with van der Waals surface area (Å²) in [5.41, 5.74) is 1.64. The van der Waals surface area contributed by atoms with E-state index >= 15 is 0 Å². The molecule has 27 heavy (non-hydrogen) atoms. The van der Waals surface area contributed by atoms with Crippen LogP contribution in [0.1, 0.15) is 41.6 Å². The maximum absolute atomic E-state index is 13.0. The summed E-state index contributed by atoms with van der Waals surface area (Å²) in [6, 6.07) is 16.7. The van der Waals surface area contributed by atoms with Gasteiger partial charge in [0.05, 0.1) is 4.90 Å². The lowest BCUT2D eigenvalue weighted by atomic mass is 10.1. The van der Waals surface area contributed by atoms with Crippen LogP contribution >= 0.6 is 0 Å². The minimum atomic E-state index is -3.45. The van der Waals surface area contributed by atoms with Crippen molar-refractivity contribution in [1.82, 2.24) is 9.21 Å². The van der Waals surface area contributed by atoms with Crippen molar-refractivity contribution in [2.75, 3.05) is 13.1 Å². The summed E-state index contributed by atoms with van der Waals surface area (Å²) < 4.78 is 26.8. The normalized spacial score (nSPS) is 17.8. The van der Waals surface area contributed by atoms with Gasteiger partial charge in [-0.15, -0.1) is 0 Å². The van der Waals surface area contributed by atoms with Crippen LogP contribution in [0.4, 0.5) is 0 Å². The van der Waals surface area contributed by atoms with E-state index in [1.54, 1.807) is 24.3 Å². The molecule has 0 aromatic heterocycles. The van der Waals surface area contributed by atoms with Gasteiger partial charge in [0.2, 0.25) is 10.0 Å². The van der Waals surface area contributed by atoms with Crippen LogP contribution in [0.2, 0.25) is 0 Å². The Morgan fingerprint density at radius 2 is 1.59 bits per heavy atom. The van der Waals surface area contributed by atoms with Crippen LogP contribution in [-0.4, -0.2) is 42.7 Å². The van der Waals surface area contributed by atoms with E-state index in [1.807, 2.05) is 35.2 Å². The summed E-state index contributed by atoms with van der Waals surface area (Å²) in [5, 5.41) is 0. The fourth-order valence-electron chi connectivity index (χ4n) is 3.55. The number of hydrogen-bond donors (Lipinski definition) is 0. The van der Waals surface area contributed by atoms with Gasteiger partial charge in [-0.2, -0.15) is 4.31 Å². The van der Waals surface area contributed by atoms with Crippen LogP contribution in [0.5, 0.6) is 0 Å². The quantitative estimate of drug-likeness (QED) is 0.768. The predicted octanol–water partition coefficient (Wildman–Crippen LogP) is 3.28. The molecule has 0 atom stereocenters. The fourth-order valence-corrected chi connectivity index (χ4v) is 5.06. The lowest BCUT2D eigenvalue weighted by Gasteiger charge is -2.23. The largest absolute Gasteiger partial charge is 0.331 e. The highest BCUT2D eigenvalue weighted by Gasteiger charge is 2.33. The van der Waals surface area contributed by atoms with Gasteiger partial charge in [-0.1, -0.05) is 30.3 Å². The Morgan fingerprint density at radius 1 is 0.963 bits per heavy atom. The second kappa shape index (κ2) is 7.44. The number of sulfonamides is 1. The van der Waals surface area contributed by atoms with Gasteiger partial charge in [-0.05, 0) is 55.5 Å². The average molecular weight is 385 g/mol. The molecule has 1 amide bonds. The van der Waals surface area contributed by atoms with Crippen LogP contribution in [0.25, 0.3) is 0 Å². The summed E-state index contributed by atoms with van der Waals surface area (Å²) in [7, 11) is -3.45. The van der Waals surface area contributed by atoms with E-state index in [4.69, 9.17) is 0 Å². The fraction of sp³-hybridized carbons (Fsp3) is 0.381. The molecular formula is C21H24N2O3S. The first-order chi connectivity index (χ1) is 13.1. The van der Waals surface area contributed by atoms with E-state index in [-0.39, 0.29) is 16.8 Å². The number of benzene rings is 2. The molecule has 0 spiro atoms. The van der Waals surface area contributed by atoms with Gasteiger partial charge >= 0.3 is 0 Å². The van der Waals surface area contributed by atoms with Crippen molar-refractivity contribution in [1.29, 1.82) is 0 Å². The maximum Gasteiger partial charge on any atom is 0.254 e. The maximum atomic E-state index is 13.0. The molecular weight excluding hydrogens is 360 g/mol. The Bertz CT molecular complexity index is 900. The Morgan fingerprint density at radius 3 is 2.19 bits per heavy atom. The minimum absolute atomic E-state index is 0.0357. The zero-order valence-electron chi connectivity index (χ0n) is 15.3. The van der Waals surface area contributed by atoms with Crippen LogP contribution in [0.3, 0.4) is 0 Å². The highest BCUT2D eigenvalue weighted by Crippen LogP contribution is 2.30. The molecule has 1 heterocycles. The summed E-state index contributed by atoms with van der Waals surface area (Å²) in [6.07, 6.45) is 3.87. The molecule has 2 fully saturated rings. The lowest BCUT2D eigenvalue weighted by molar-refractivity contribution is 0.0730. The SMILES string of the molecule is O=C(c1ccc(S(=O)(=O)N2CCCC2)cc1)N(Cc1ccccc1)C1CC1. The lowest BCUT2D eigenvalue weighted by Crippen LogP contribution is -2.32. The second-order valence-corrected chi connectivity index (χ2v) is 9.22. The van der Waals surface area contributed by atoms with Crippen LogP contribution < -0.4 is 0 Å². The zero-order chi connectivity index (χ0) is 18.9. The van der Waals surface area contributed by atoms with Crippen molar-refractivity contribution >= 4 is 15.9 Å². The third kappa shape index (κ3) is 3.92. The van der Waals surface area contributed by atoms with Crippen molar-refractivity contribution in [2.45, 2.75) is 43.2 Å². The standard InChI is InChI=1S/C21H24N2O3S/c24-21(23(19-10-11-19)16-17-6-2-1-3-7-17)18-8-12-20(13-9-18)27(25,26)22-14-4-5-15-22/h1-3,6-9,12-13,19H,4-5,10-11,14-16H2. The van der Waals surface area contributed by atoms with Crippen LogP contribution in [-0.2, 0) is 16.6 Å².